The highest BCUT2D eigenvalue weighted by Gasteiger charge is 2.22. The van der Waals surface area contributed by atoms with E-state index in [0.29, 0.717) is 17.9 Å². The highest BCUT2D eigenvalue weighted by Crippen LogP contribution is 2.25. The topological polar surface area (TPSA) is 85.2 Å². The predicted molar refractivity (Wildman–Crippen MR) is 114 cm³/mol. The van der Waals surface area contributed by atoms with Crippen LogP contribution in [0.3, 0.4) is 0 Å². The van der Waals surface area contributed by atoms with E-state index in [1.54, 1.807) is 17.1 Å². The molecule has 1 aliphatic heterocycles. The second-order valence-corrected chi connectivity index (χ2v) is 7.16. The lowest BCUT2D eigenvalue weighted by atomic mass is 10.1. The number of carbonyl (C=O) groups excluding carboxylic acids is 1. The van der Waals surface area contributed by atoms with Crippen LogP contribution < -0.4 is 5.32 Å². The summed E-state index contributed by atoms with van der Waals surface area (Å²) in [6.45, 7) is 6.71. The van der Waals surface area contributed by atoms with Gasteiger partial charge >= 0.3 is 0 Å². The van der Waals surface area contributed by atoms with Gasteiger partial charge in [0.25, 0.3) is 5.91 Å². The van der Waals surface area contributed by atoms with E-state index in [-0.39, 0.29) is 5.91 Å². The van der Waals surface area contributed by atoms with Crippen molar-refractivity contribution in [2.24, 2.45) is 0 Å². The van der Waals surface area contributed by atoms with Gasteiger partial charge in [-0.3, -0.25) is 14.7 Å². The number of amides is 1. The molecule has 0 bridgehead atoms. The maximum Gasteiger partial charge on any atom is 0.274 e. The highest BCUT2D eigenvalue weighted by atomic mass is 16.5. The van der Waals surface area contributed by atoms with E-state index >= 15 is 0 Å². The molecular formula is C22H26N6O2. The van der Waals surface area contributed by atoms with Crippen molar-refractivity contribution in [2.75, 3.05) is 39.4 Å². The van der Waals surface area contributed by atoms with Crippen molar-refractivity contribution in [3.8, 4) is 16.9 Å². The summed E-state index contributed by atoms with van der Waals surface area (Å²) < 4.78 is 7.08. The molecule has 0 atom stereocenters. The molecule has 1 N–H and O–H groups in total. The fourth-order valence-electron chi connectivity index (χ4n) is 3.49. The Kier molecular flexibility index (Phi) is 6.46. The summed E-state index contributed by atoms with van der Waals surface area (Å²) >= 11 is 0. The molecule has 30 heavy (non-hydrogen) atoms. The molecule has 8 nitrogen and oxygen atoms in total. The van der Waals surface area contributed by atoms with Crippen LogP contribution in [0.5, 0.6) is 0 Å². The summed E-state index contributed by atoms with van der Waals surface area (Å²) in [5.41, 5.74) is 3.91. The highest BCUT2D eigenvalue weighted by molar-refractivity contribution is 5.98. The molecular weight excluding hydrogens is 380 g/mol. The summed E-state index contributed by atoms with van der Waals surface area (Å²) in [5, 5.41) is 11.5. The number of nitrogens with one attached hydrogen (secondary N) is 1. The zero-order valence-corrected chi connectivity index (χ0v) is 17.1. The van der Waals surface area contributed by atoms with Crippen molar-refractivity contribution >= 4 is 5.91 Å². The van der Waals surface area contributed by atoms with Gasteiger partial charge in [-0.15, -0.1) is 5.10 Å². The fourth-order valence-corrected chi connectivity index (χ4v) is 3.49. The Morgan fingerprint density at radius 3 is 2.53 bits per heavy atom. The third kappa shape index (κ3) is 4.55. The molecule has 156 valence electrons. The van der Waals surface area contributed by atoms with Crippen molar-refractivity contribution < 1.29 is 9.53 Å². The molecule has 3 heterocycles. The molecule has 1 amide bonds. The van der Waals surface area contributed by atoms with Gasteiger partial charge in [0.05, 0.1) is 18.9 Å². The maximum absolute atomic E-state index is 12.9. The summed E-state index contributed by atoms with van der Waals surface area (Å²) in [4.78, 5) is 19.3. The molecule has 1 aliphatic rings. The van der Waals surface area contributed by atoms with Crippen LogP contribution in [0, 0.1) is 0 Å². The lowest BCUT2D eigenvalue weighted by molar-refractivity contribution is 0.0383. The summed E-state index contributed by atoms with van der Waals surface area (Å²) in [7, 11) is 0. The monoisotopic (exact) mass is 406 g/mol. The van der Waals surface area contributed by atoms with Gasteiger partial charge in [0.15, 0.2) is 5.69 Å². The first-order valence-corrected chi connectivity index (χ1v) is 10.3. The Bertz CT molecular complexity index is 965. The molecule has 0 saturated carbocycles. The van der Waals surface area contributed by atoms with Gasteiger partial charge in [-0.25, -0.2) is 4.68 Å². The normalized spacial score (nSPS) is 14.6. The second-order valence-electron chi connectivity index (χ2n) is 7.16. The lowest BCUT2D eigenvalue weighted by Crippen LogP contribution is -2.41. The van der Waals surface area contributed by atoms with E-state index in [4.69, 9.17) is 4.74 Å². The van der Waals surface area contributed by atoms with Crippen molar-refractivity contribution in [2.45, 2.75) is 13.3 Å². The van der Waals surface area contributed by atoms with Crippen LogP contribution >= 0.6 is 0 Å². The Hall–Kier alpha value is -3.10. The van der Waals surface area contributed by atoms with Crippen molar-refractivity contribution in [3.05, 3.63) is 60.0 Å². The van der Waals surface area contributed by atoms with Gasteiger partial charge in [-0.2, -0.15) is 0 Å². The van der Waals surface area contributed by atoms with Crippen LogP contribution in [0.1, 0.15) is 23.0 Å². The molecule has 0 spiro atoms. The van der Waals surface area contributed by atoms with Crippen LogP contribution in [0.25, 0.3) is 16.9 Å². The van der Waals surface area contributed by atoms with Gasteiger partial charge in [-0.05, 0) is 36.2 Å². The standard InChI is InChI=1S/C22H26N6O2/c1-2-17-3-5-19(6-4-17)28-21(18-7-9-23-10-8-18)20(25-26-28)22(29)24-11-12-27-13-15-30-16-14-27/h3-10H,2,11-16H2,1H3,(H,24,29). The second kappa shape index (κ2) is 9.60. The Morgan fingerprint density at radius 1 is 1.10 bits per heavy atom. The first-order chi connectivity index (χ1) is 14.8. The molecule has 2 aromatic heterocycles. The average Bonchev–Trinajstić information content (AvgIpc) is 3.26. The molecule has 4 rings (SSSR count). The fraction of sp³-hybridized carbons (Fsp3) is 0.364. The number of nitrogens with zero attached hydrogens (tertiary/aromatic N) is 5. The van der Waals surface area contributed by atoms with E-state index in [1.165, 1.54) is 5.56 Å². The Balaban J connectivity index is 1.57. The van der Waals surface area contributed by atoms with E-state index in [2.05, 4.69) is 44.6 Å². The minimum absolute atomic E-state index is 0.230. The number of aryl methyl sites for hydroxylation is 1. The number of hydrogen-bond acceptors (Lipinski definition) is 6. The zero-order chi connectivity index (χ0) is 20.8. The first-order valence-electron chi connectivity index (χ1n) is 10.3. The molecule has 1 saturated heterocycles. The number of ether oxygens (including phenoxy) is 1. The maximum atomic E-state index is 12.9. The molecule has 0 unspecified atom stereocenters. The molecule has 1 fully saturated rings. The van der Waals surface area contributed by atoms with Crippen LogP contribution in [0.4, 0.5) is 0 Å². The summed E-state index contributed by atoms with van der Waals surface area (Å²) in [6, 6.07) is 11.8. The van der Waals surface area contributed by atoms with Crippen LogP contribution in [0.2, 0.25) is 0 Å². The zero-order valence-electron chi connectivity index (χ0n) is 17.1. The van der Waals surface area contributed by atoms with Crippen LogP contribution in [-0.4, -0.2) is 70.2 Å². The number of rotatable bonds is 7. The predicted octanol–water partition coefficient (Wildman–Crippen LogP) is 1.95. The Labute approximate surface area is 175 Å². The van der Waals surface area contributed by atoms with Crippen molar-refractivity contribution in [1.29, 1.82) is 0 Å². The minimum atomic E-state index is -0.230. The van der Waals surface area contributed by atoms with E-state index in [9.17, 15) is 4.79 Å². The number of morpholine rings is 1. The lowest BCUT2D eigenvalue weighted by Gasteiger charge is -2.26. The van der Waals surface area contributed by atoms with Crippen molar-refractivity contribution in [3.63, 3.8) is 0 Å². The molecule has 3 aromatic rings. The average molecular weight is 406 g/mol. The minimum Gasteiger partial charge on any atom is -0.379 e. The molecule has 1 aromatic carbocycles. The number of hydrogen-bond donors (Lipinski definition) is 1. The SMILES string of the molecule is CCc1ccc(-n2nnc(C(=O)NCCN3CCOCC3)c2-c2ccncc2)cc1. The smallest absolute Gasteiger partial charge is 0.274 e. The Morgan fingerprint density at radius 2 is 1.83 bits per heavy atom. The van der Waals surface area contributed by atoms with Crippen LogP contribution in [-0.2, 0) is 11.2 Å². The summed E-state index contributed by atoms with van der Waals surface area (Å²) in [5.74, 6) is -0.230. The van der Waals surface area contributed by atoms with Gasteiger partial charge in [0, 0.05) is 44.1 Å². The van der Waals surface area contributed by atoms with Gasteiger partial charge in [0.1, 0.15) is 5.69 Å². The van der Waals surface area contributed by atoms with Gasteiger partial charge in [0.2, 0.25) is 0 Å². The quantitative estimate of drug-likeness (QED) is 0.646. The third-order valence-electron chi connectivity index (χ3n) is 5.25. The number of carbonyl (C=O) groups is 1. The van der Waals surface area contributed by atoms with E-state index in [0.717, 1.165) is 50.5 Å². The van der Waals surface area contributed by atoms with Gasteiger partial charge < -0.3 is 10.1 Å². The molecule has 0 aliphatic carbocycles. The number of aromatic nitrogens is 4. The van der Waals surface area contributed by atoms with Crippen molar-refractivity contribution in [1.82, 2.24) is 30.2 Å². The first kappa shape index (κ1) is 20.2. The van der Waals surface area contributed by atoms with Crippen LogP contribution in [0.15, 0.2) is 48.8 Å². The molecule has 0 radical (unpaired) electrons. The number of benzene rings is 1. The largest absolute Gasteiger partial charge is 0.379 e. The van der Waals surface area contributed by atoms with E-state index < -0.39 is 0 Å². The van der Waals surface area contributed by atoms with Gasteiger partial charge in [-0.1, -0.05) is 24.3 Å². The summed E-state index contributed by atoms with van der Waals surface area (Å²) in [6.07, 6.45) is 4.37. The number of pyridine rings is 1. The van der Waals surface area contributed by atoms with E-state index in [1.807, 2.05) is 24.3 Å². The third-order valence-corrected chi connectivity index (χ3v) is 5.25. The molecule has 8 heteroatoms.